The van der Waals surface area contributed by atoms with Gasteiger partial charge in [-0.15, -0.1) is 0 Å². The summed E-state index contributed by atoms with van der Waals surface area (Å²) in [6.07, 6.45) is 1.58. The largest absolute Gasteiger partial charge is 0.493 e. The number of rotatable bonds is 8. The number of anilines is 1. The van der Waals surface area contributed by atoms with Gasteiger partial charge in [0, 0.05) is 11.3 Å². The monoisotopic (exact) mass is 502 g/mol. The van der Waals surface area contributed by atoms with Gasteiger partial charge < -0.3 is 14.8 Å². The molecule has 2 aromatic rings. The zero-order chi connectivity index (χ0) is 24.8. The summed E-state index contributed by atoms with van der Waals surface area (Å²) in [4.78, 5) is 50.6. The number of benzene rings is 2. The fourth-order valence-corrected chi connectivity index (χ4v) is 4.00. The van der Waals surface area contributed by atoms with Crippen LogP contribution in [0.2, 0.25) is 5.02 Å². The maximum Gasteiger partial charge on any atom is 0.339 e. The molecule has 1 aliphatic heterocycles. The van der Waals surface area contributed by atoms with Crippen LogP contribution in [-0.4, -0.2) is 48.2 Å². The van der Waals surface area contributed by atoms with Crippen molar-refractivity contribution < 1.29 is 28.7 Å². The molecular weight excluding hydrogens is 480 g/mol. The predicted octanol–water partition coefficient (Wildman–Crippen LogP) is 4.84. The molecule has 1 saturated heterocycles. The van der Waals surface area contributed by atoms with Crippen molar-refractivity contribution >= 4 is 58.1 Å². The van der Waals surface area contributed by atoms with E-state index in [0.29, 0.717) is 23.8 Å². The number of imide groups is 1. The average molecular weight is 503 g/mol. The summed E-state index contributed by atoms with van der Waals surface area (Å²) < 4.78 is 10.5. The van der Waals surface area contributed by atoms with Crippen LogP contribution < -0.4 is 10.1 Å². The number of esters is 1. The number of halogens is 1. The normalized spacial score (nSPS) is 14.6. The zero-order valence-corrected chi connectivity index (χ0v) is 20.4. The molecule has 10 heteroatoms. The molecule has 1 N–H and O–H groups in total. The molecule has 0 unspecified atom stereocenters. The number of ether oxygens (including phenoxy) is 2. The molecule has 1 heterocycles. The van der Waals surface area contributed by atoms with E-state index in [9.17, 15) is 19.2 Å². The van der Waals surface area contributed by atoms with Crippen molar-refractivity contribution in [1.29, 1.82) is 0 Å². The lowest BCUT2D eigenvalue weighted by Crippen LogP contribution is -2.36. The second-order valence-corrected chi connectivity index (χ2v) is 9.15. The standard InChI is InChI=1S/C24H23ClN2O6S/c1-14(2)13-33-19-7-5-4-6-15(19)10-20-22(29)27(24(31)34-20)12-21(28)26-16-8-9-18(25)17(11-16)23(30)32-3/h4-11,14H,12-13H2,1-3H3,(H,26,28)/b20-10+. The molecule has 0 aliphatic carbocycles. The number of hydrogen-bond acceptors (Lipinski definition) is 7. The van der Waals surface area contributed by atoms with Crippen molar-refractivity contribution in [2.75, 3.05) is 25.6 Å². The van der Waals surface area contributed by atoms with Gasteiger partial charge in [0.2, 0.25) is 5.91 Å². The number of nitrogens with zero attached hydrogens (tertiary/aromatic N) is 1. The van der Waals surface area contributed by atoms with Crippen LogP contribution in [0.15, 0.2) is 47.4 Å². The van der Waals surface area contributed by atoms with Crippen molar-refractivity contribution in [1.82, 2.24) is 4.90 Å². The molecular formula is C24H23ClN2O6S. The Hall–Kier alpha value is -3.30. The van der Waals surface area contributed by atoms with Crippen LogP contribution in [0.4, 0.5) is 10.5 Å². The minimum Gasteiger partial charge on any atom is -0.493 e. The van der Waals surface area contributed by atoms with Crippen LogP contribution in [0, 0.1) is 5.92 Å². The predicted molar refractivity (Wildman–Crippen MR) is 131 cm³/mol. The number of methoxy groups -OCH3 is 1. The number of nitrogens with one attached hydrogen (secondary N) is 1. The van der Waals surface area contributed by atoms with Crippen LogP contribution in [0.5, 0.6) is 5.75 Å². The summed E-state index contributed by atoms with van der Waals surface area (Å²) in [6, 6.07) is 11.5. The molecule has 8 nitrogen and oxygen atoms in total. The summed E-state index contributed by atoms with van der Waals surface area (Å²) >= 11 is 6.74. The highest BCUT2D eigenvalue weighted by Crippen LogP contribution is 2.34. The maximum atomic E-state index is 12.8. The van der Waals surface area contributed by atoms with Crippen LogP contribution >= 0.6 is 23.4 Å². The maximum absolute atomic E-state index is 12.8. The van der Waals surface area contributed by atoms with E-state index in [4.69, 9.17) is 16.3 Å². The quantitative estimate of drug-likeness (QED) is 0.407. The number of carbonyl (C=O) groups excluding carboxylic acids is 4. The van der Waals surface area contributed by atoms with E-state index in [1.54, 1.807) is 24.3 Å². The molecule has 0 bridgehead atoms. The molecule has 0 saturated carbocycles. The number of hydrogen-bond donors (Lipinski definition) is 1. The Morgan fingerprint density at radius 1 is 1.18 bits per heavy atom. The summed E-state index contributed by atoms with van der Waals surface area (Å²) in [5.74, 6) is -0.916. The lowest BCUT2D eigenvalue weighted by atomic mass is 10.1. The minimum absolute atomic E-state index is 0.0782. The Labute approximate surface area is 206 Å². The molecule has 0 radical (unpaired) electrons. The average Bonchev–Trinajstić information content (AvgIpc) is 3.06. The lowest BCUT2D eigenvalue weighted by Gasteiger charge is -2.13. The second-order valence-electron chi connectivity index (χ2n) is 7.74. The van der Waals surface area contributed by atoms with Crippen molar-refractivity contribution in [3.63, 3.8) is 0 Å². The first-order valence-electron chi connectivity index (χ1n) is 10.3. The molecule has 0 atom stereocenters. The van der Waals surface area contributed by atoms with Crippen molar-refractivity contribution in [2.45, 2.75) is 13.8 Å². The van der Waals surface area contributed by atoms with Crippen molar-refractivity contribution in [3.8, 4) is 5.75 Å². The summed E-state index contributed by atoms with van der Waals surface area (Å²) in [5.41, 5.74) is 1.01. The van der Waals surface area contributed by atoms with Crippen LogP contribution in [0.3, 0.4) is 0 Å². The zero-order valence-electron chi connectivity index (χ0n) is 18.8. The van der Waals surface area contributed by atoms with Gasteiger partial charge in [0.1, 0.15) is 12.3 Å². The molecule has 1 aliphatic rings. The Kier molecular flexibility index (Phi) is 8.36. The number of carbonyl (C=O) groups is 4. The Morgan fingerprint density at radius 2 is 1.91 bits per heavy atom. The van der Waals surface area contributed by atoms with Gasteiger partial charge in [-0.05, 0) is 48.0 Å². The van der Waals surface area contributed by atoms with Crippen molar-refractivity contribution in [3.05, 3.63) is 63.5 Å². The first-order valence-corrected chi connectivity index (χ1v) is 11.5. The minimum atomic E-state index is -0.658. The van der Waals surface area contributed by atoms with Gasteiger partial charge in [0.25, 0.3) is 11.1 Å². The van der Waals surface area contributed by atoms with E-state index in [1.165, 1.54) is 25.3 Å². The lowest BCUT2D eigenvalue weighted by molar-refractivity contribution is -0.127. The molecule has 3 amide bonds. The van der Waals surface area contributed by atoms with E-state index in [0.717, 1.165) is 16.7 Å². The van der Waals surface area contributed by atoms with Gasteiger partial charge in [-0.1, -0.05) is 43.6 Å². The van der Waals surface area contributed by atoms with E-state index in [1.807, 2.05) is 19.9 Å². The molecule has 1 fully saturated rings. The SMILES string of the molecule is COC(=O)c1cc(NC(=O)CN2C(=O)S/C(=C/c3ccccc3OCC(C)C)C2=O)ccc1Cl. The summed E-state index contributed by atoms with van der Waals surface area (Å²) in [7, 11) is 1.21. The van der Waals surface area contributed by atoms with E-state index in [-0.39, 0.29) is 21.2 Å². The third-order valence-corrected chi connectivity index (χ3v) is 5.85. The third kappa shape index (κ3) is 6.18. The fraction of sp³-hybridized carbons (Fsp3) is 0.250. The highest BCUT2D eigenvalue weighted by atomic mass is 35.5. The topological polar surface area (TPSA) is 102 Å². The Morgan fingerprint density at radius 3 is 2.62 bits per heavy atom. The first kappa shape index (κ1) is 25.3. The molecule has 34 heavy (non-hydrogen) atoms. The summed E-state index contributed by atoms with van der Waals surface area (Å²) in [5, 5.41) is 2.17. The summed E-state index contributed by atoms with van der Waals surface area (Å²) in [6.45, 7) is 4.08. The Balaban J connectivity index is 1.71. The molecule has 178 valence electrons. The molecule has 0 spiro atoms. The van der Waals surface area contributed by atoms with Crippen LogP contribution in [-0.2, 0) is 14.3 Å². The van der Waals surface area contributed by atoms with Gasteiger partial charge in [-0.25, -0.2) is 4.79 Å². The van der Waals surface area contributed by atoms with E-state index in [2.05, 4.69) is 10.1 Å². The Bertz CT molecular complexity index is 1160. The van der Waals surface area contributed by atoms with Gasteiger partial charge in [-0.2, -0.15) is 0 Å². The van der Waals surface area contributed by atoms with E-state index >= 15 is 0 Å². The number of thioether (sulfide) groups is 1. The molecule has 3 rings (SSSR count). The van der Waals surface area contributed by atoms with Crippen molar-refractivity contribution in [2.24, 2.45) is 5.92 Å². The fourth-order valence-electron chi connectivity index (χ4n) is 2.98. The number of amides is 3. The molecule has 2 aromatic carbocycles. The first-order chi connectivity index (χ1) is 16.2. The highest BCUT2D eigenvalue weighted by Gasteiger charge is 2.36. The smallest absolute Gasteiger partial charge is 0.339 e. The van der Waals surface area contributed by atoms with E-state index < -0.39 is 29.6 Å². The number of para-hydroxylation sites is 1. The third-order valence-electron chi connectivity index (χ3n) is 4.61. The van der Waals surface area contributed by atoms with Gasteiger partial charge in [-0.3, -0.25) is 19.3 Å². The van der Waals surface area contributed by atoms with Crippen LogP contribution in [0.1, 0.15) is 29.8 Å². The van der Waals surface area contributed by atoms with Gasteiger partial charge in [0.05, 0.1) is 29.2 Å². The second kappa shape index (κ2) is 11.2. The van der Waals surface area contributed by atoms with Gasteiger partial charge in [0.15, 0.2) is 0 Å². The van der Waals surface area contributed by atoms with Gasteiger partial charge >= 0.3 is 5.97 Å². The van der Waals surface area contributed by atoms with Crippen LogP contribution in [0.25, 0.3) is 6.08 Å². The highest BCUT2D eigenvalue weighted by molar-refractivity contribution is 8.18. The molecule has 0 aromatic heterocycles.